The van der Waals surface area contributed by atoms with Gasteiger partial charge in [-0.25, -0.2) is 4.98 Å². The fourth-order valence-corrected chi connectivity index (χ4v) is 3.69. The first-order valence-corrected chi connectivity index (χ1v) is 12.0. The zero-order chi connectivity index (χ0) is 24.9. The standard InChI is InChI=1S/C23H25F3N2O5S/c1-4-31-20-14-17(10-11-18(20)28-34(29,30)23(24,25)26)32-13-12-19-21(15(2)3)33-22(27-19)16-8-6-5-7-9-16/h5-11,14-15,28H,4,12-13H2,1-3H3. The predicted octanol–water partition coefficient (Wildman–Crippen LogP) is 5.75. The van der Waals surface area contributed by atoms with Gasteiger partial charge in [0.15, 0.2) is 0 Å². The fraction of sp³-hybridized carbons (Fsp3) is 0.348. The molecule has 0 spiro atoms. The van der Waals surface area contributed by atoms with Crippen molar-refractivity contribution in [1.29, 1.82) is 0 Å². The first kappa shape index (κ1) is 25.4. The molecule has 0 saturated heterocycles. The lowest BCUT2D eigenvalue weighted by Gasteiger charge is -2.15. The summed E-state index contributed by atoms with van der Waals surface area (Å²) < 4.78 is 79.5. The quantitative estimate of drug-likeness (QED) is 0.383. The number of nitrogens with zero attached hydrogens (tertiary/aromatic N) is 1. The third kappa shape index (κ3) is 6.02. The summed E-state index contributed by atoms with van der Waals surface area (Å²) in [5.74, 6) is 1.58. The number of alkyl halides is 3. The zero-order valence-electron chi connectivity index (χ0n) is 18.8. The summed E-state index contributed by atoms with van der Waals surface area (Å²) in [6, 6.07) is 13.3. The van der Waals surface area contributed by atoms with Crippen LogP contribution in [0.4, 0.5) is 18.9 Å². The molecule has 0 bridgehead atoms. The largest absolute Gasteiger partial charge is 0.516 e. The van der Waals surface area contributed by atoms with Gasteiger partial charge >= 0.3 is 15.5 Å². The van der Waals surface area contributed by atoms with Crippen molar-refractivity contribution in [2.45, 2.75) is 38.6 Å². The van der Waals surface area contributed by atoms with Crippen LogP contribution in [0.1, 0.15) is 38.1 Å². The van der Waals surface area contributed by atoms with Crippen LogP contribution >= 0.6 is 0 Å². The summed E-state index contributed by atoms with van der Waals surface area (Å²) in [7, 11) is -5.58. The van der Waals surface area contributed by atoms with Crippen LogP contribution in [-0.2, 0) is 16.4 Å². The summed E-state index contributed by atoms with van der Waals surface area (Å²) >= 11 is 0. The highest BCUT2D eigenvalue weighted by molar-refractivity contribution is 7.93. The number of anilines is 1. The van der Waals surface area contributed by atoms with Crippen LogP contribution in [0.25, 0.3) is 11.5 Å². The van der Waals surface area contributed by atoms with E-state index in [4.69, 9.17) is 13.9 Å². The minimum atomic E-state index is -5.58. The van der Waals surface area contributed by atoms with Gasteiger partial charge in [-0.1, -0.05) is 32.0 Å². The molecule has 0 amide bonds. The SMILES string of the molecule is CCOc1cc(OCCc2nc(-c3ccccc3)oc2C(C)C)ccc1NS(=O)(=O)C(F)(F)F. The molecule has 1 heterocycles. The van der Waals surface area contributed by atoms with Crippen molar-refractivity contribution in [2.75, 3.05) is 17.9 Å². The van der Waals surface area contributed by atoms with Gasteiger partial charge < -0.3 is 13.9 Å². The monoisotopic (exact) mass is 498 g/mol. The van der Waals surface area contributed by atoms with Gasteiger partial charge in [-0.05, 0) is 31.2 Å². The van der Waals surface area contributed by atoms with Crippen LogP contribution in [0.15, 0.2) is 52.9 Å². The Labute approximate surface area is 196 Å². The van der Waals surface area contributed by atoms with Gasteiger partial charge in [0.1, 0.15) is 17.3 Å². The Kier molecular flexibility index (Phi) is 7.75. The average molecular weight is 499 g/mol. The predicted molar refractivity (Wildman–Crippen MR) is 121 cm³/mol. The van der Waals surface area contributed by atoms with Gasteiger partial charge in [-0.15, -0.1) is 0 Å². The maximum Gasteiger partial charge on any atom is 0.516 e. The Morgan fingerprint density at radius 1 is 1.09 bits per heavy atom. The molecule has 0 aliphatic carbocycles. The second-order valence-electron chi connectivity index (χ2n) is 7.59. The summed E-state index contributed by atoms with van der Waals surface area (Å²) in [6.07, 6.45) is 0.427. The van der Waals surface area contributed by atoms with Crippen LogP contribution in [-0.4, -0.2) is 32.1 Å². The highest BCUT2D eigenvalue weighted by Gasteiger charge is 2.46. The van der Waals surface area contributed by atoms with Crippen LogP contribution in [0.2, 0.25) is 0 Å². The number of rotatable bonds is 10. The highest BCUT2D eigenvalue weighted by Crippen LogP contribution is 2.34. The van der Waals surface area contributed by atoms with E-state index in [1.165, 1.54) is 16.9 Å². The molecule has 0 radical (unpaired) electrons. The molecule has 1 N–H and O–H groups in total. The zero-order valence-corrected chi connectivity index (χ0v) is 19.7. The molecule has 3 aromatic rings. The second kappa shape index (κ2) is 10.4. The number of benzene rings is 2. The maximum absolute atomic E-state index is 12.7. The molecular weight excluding hydrogens is 473 g/mol. The van der Waals surface area contributed by atoms with Crippen molar-refractivity contribution in [3.63, 3.8) is 0 Å². The first-order valence-electron chi connectivity index (χ1n) is 10.6. The maximum atomic E-state index is 12.7. The van der Waals surface area contributed by atoms with E-state index in [1.807, 2.05) is 44.2 Å². The molecule has 0 saturated carbocycles. The summed E-state index contributed by atoms with van der Waals surface area (Å²) in [6.45, 7) is 5.93. The minimum Gasteiger partial charge on any atom is -0.493 e. The first-order chi connectivity index (χ1) is 16.0. The van der Waals surface area contributed by atoms with E-state index in [0.29, 0.717) is 18.1 Å². The lowest BCUT2D eigenvalue weighted by atomic mass is 10.1. The van der Waals surface area contributed by atoms with Crippen LogP contribution < -0.4 is 14.2 Å². The van der Waals surface area contributed by atoms with E-state index in [1.54, 1.807) is 6.92 Å². The number of ether oxygens (including phenoxy) is 2. The van der Waals surface area contributed by atoms with Crippen molar-refractivity contribution in [2.24, 2.45) is 0 Å². The van der Waals surface area contributed by atoms with E-state index in [-0.39, 0.29) is 30.6 Å². The van der Waals surface area contributed by atoms with Crippen molar-refractivity contribution in [3.05, 3.63) is 60.0 Å². The van der Waals surface area contributed by atoms with Gasteiger partial charge in [-0.3, -0.25) is 4.72 Å². The summed E-state index contributed by atoms with van der Waals surface area (Å²) in [5, 5.41) is 0. The van der Waals surface area contributed by atoms with E-state index in [0.717, 1.165) is 23.1 Å². The molecule has 7 nitrogen and oxygen atoms in total. The Bertz CT molecular complexity index is 1210. The number of aromatic nitrogens is 1. The van der Waals surface area contributed by atoms with Gasteiger partial charge in [-0.2, -0.15) is 21.6 Å². The lowest BCUT2D eigenvalue weighted by molar-refractivity contribution is -0.0429. The van der Waals surface area contributed by atoms with Crippen molar-refractivity contribution in [1.82, 2.24) is 4.98 Å². The molecule has 34 heavy (non-hydrogen) atoms. The third-order valence-corrected chi connectivity index (χ3v) is 5.78. The smallest absolute Gasteiger partial charge is 0.493 e. The van der Waals surface area contributed by atoms with Crippen molar-refractivity contribution < 1.29 is 35.5 Å². The molecule has 0 atom stereocenters. The van der Waals surface area contributed by atoms with E-state index >= 15 is 0 Å². The number of oxazole rings is 1. The Hall–Kier alpha value is -3.21. The van der Waals surface area contributed by atoms with Crippen LogP contribution in [0.3, 0.4) is 0 Å². The molecule has 1 aromatic heterocycles. The number of nitrogens with one attached hydrogen (secondary N) is 1. The molecule has 0 fully saturated rings. The normalized spacial score (nSPS) is 12.1. The molecule has 0 aliphatic heterocycles. The molecule has 0 unspecified atom stereocenters. The van der Waals surface area contributed by atoms with Gasteiger partial charge in [0, 0.05) is 24.0 Å². The number of hydrogen-bond donors (Lipinski definition) is 1. The van der Waals surface area contributed by atoms with Gasteiger partial charge in [0.25, 0.3) is 0 Å². The average Bonchev–Trinajstić information content (AvgIpc) is 3.20. The topological polar surface area (TPSA) is 90.7 Å². The Balaban J connectivity index is 1.73. The van der Waals surface area contributed by atoms with Crippen LogP contribution in [0.5, 0.6) is 11.5 Å². The van der Waals surface area contributed by atoms with E-state index < -0.39 is 15.5 Å². The summed E-state index contributed by atoms with van der Waals surface area (Å²) in [5.41, 5.74) is -4.18. The molecule has 11 heteroatoms. The molecule has 184 valence electrons. The molecule has 2 aromatic carbocycles. The highest BCUT2D eigenvalue weighted by atomic mass is 32.2. The molecule has 0 aliphatic rings. The van der Waals surface area contributed by atoms with Crippen molar-refractivity contribution in [3.8, 4) is 23.0 Å². The number of sulfonamides is 1. The van der Waals surface area contributed by atoms with E-state index in [9.17, 15) is 21.6 Å². The lowest BCUT2D eigenvalue weighted by Crippen LogP contribution is -2.30. The number of halogens is 3. The van der Waals surface area contributed by atoms with E-state index in [2.05, 4.69) is 4.98 Å². The Morgan fingerprint density at radius 2 is 1.79 bits per heavy atom. The third-order valence-electron chi connectivity index (χ3n) is 4.68. The molecule has 3 rings (SSSR count). The van der Waals surface area contributed by atoms with Gasteiger partial charge in [0.2, 0.25) is 5.89 Å². The molecular formula is C23H25F3N2O5S. The van der Waals surface area contributed by atoms with Crippen molar-refractivity contribution >= 4 is 15.7 Å². The Morgan fingerprint density at radius 3 is 2.41 bits per heavy atom. The summed E-state index contributed by atoms with van der Waals surface area (Å²) in [4.78, 5) is 4.60. The second-order valence-corrected chi connectivity index (χ2v) is 9.27. The minimum absolute atomic E-state index is 0.0801. The van der Waals surface area contributed by atoms with Gasteiger partial charge in [0.05, 0.1) is 24.6 Å². The number of hydrogen-bond acceptors (Lipinski definition) is 6. The fourth-order valence-electron chi connectivity index (χ4n) is 3.12. The van der Waals surface area contributed by atoms with Crippen LogP contribution in [0, 0.1) is 0 Å².